The molecule has 0 amide bonds. The van der Waals surface area contributed by atoms with Crippen molar-refractivity contribution >= 4 is 7.85 Å². The van der Waals surface area contributed by atoms with Gasteiger partial charge in [-0.2, -0.15) is 0 Å². The molecule has 0 bridgehead atoms. The summed E-state index contributed by atoms with van der Waals surface area (Å²) >= 11 is 0. The van der Waals surface area contributed by atoms with Crippen LogP contribution in [0.1, 0.15) is 53.4 Å². The molecule has 1 rings (SSSR count). The molecular weight excluding hydrogens is 243 g/mol. The van der Waals surface area contributed by atoms with Crippen LogP contribution in [0.2, 0.25) is 6.32 Å². The second-order valence-corrected chi connectivity index (χ2v) is 6.94. The predicted molar refractivity (Wildman–Crippen MR) is 90.1 cm³/mol. The van der Waals surface area contributed by atoms with Crippen molar-refractivity contribution in [2.45, 2.75) is 77.3 Å². The fourth-order valence-electron chi connectivity index (χ4n) is 3.76. The Morgan fingerprint density at radius 3 is 2.50 bits per heavy atom. The van der Waals surface area contributed by atoms with Gasteiger partial charge in [0.25, 0.3) is 0 Å². The molecule has 1 saturated carbocycles. The van der Waals surface area contributed by atoms with Gasteiger partial charge in [0, 0.05) is 17.6 Å². The van der Waals surface area contributed by atoms with Gasteiger partial charge >= 0.3 is 0 Å². The Morgan fingerprint density at radius 1 is 1.45 bits per heavy atom. The second-order valence-electron chi connectivity index (χ2n) is 6.94. The standard InChI is InChI=1S/C17H33BN2/c1-7-17(9-8-16(10-17)12(2)11-18)20(6)15(5)13(3)14(4)19/h12,14-16H,3,7-11,19H2,1-2,4-6H3. The first-order chi connectivity index (χ1) is 9.29. The Morgan fingerprint density at radius 2 is 2.05 bits per heavy atom. The molecule has 20 heavy (non-hydrogen) atoms. The number of likely N-dealkylation sites (N-methyl/N-ethyl adjacent to an activating group) is 1. The number of nitrogens with zero attached hydrogens (tertiary/aromatic N) is 1. The van der Waals surface area contributed by atoms with E-state index in [1.165, 1.54) is 25.7 Å². The Kier molecular flexibility index (Phi) is 6.34. The quantitative estimate of drug-likeness (QED) is 0.570. The number of rotatable bonds is 7. The van der Waals surface area contributed by atoms with Gasteiger partial charge in [0.05, 0.1) is 7.85 Å². The smallest absolute Gasteiger partial charge is 0.0656 e. The lowest BCUT2D eigenvalue weighted by molar-refractivity contribution is 0.0846. The Balaban J connectivity index is 2.82. The van der Waals surface area contributed by atoms with Crippen LogP contribution >= 0.6 is 0 Å². The van der Waals surface area contributed by atoms with Gasteiger partial charge in [-0.25, -0.2) is 0 Å². The summed E-state index contributed by atoms with van der Waals surface area (Å²) in [6.07, 6.45) is 5.82. The summed E-state index contributed by atoms with van der Waals surface area (Å²) < 4.78 is 0. The molecule has 0 aromatic heterocycles. The van der Waals surface area contributed by atoms with Gasteiger partial charge in [-0.1, -0.05) is 26.7 Å². The SMILES string of the molecule is [B]CC(C)C1CCC(CC)(N(C)C(C)C(=C)C(C)N)C1. The molecule has 114 valence electrons. The minimum atomic E-state index is 0.0570. The molecule has 3 heteroatoms. The minimum absolute atomic E-state index is 0.0570. The monoisotopic (exact) mass is 276 g/mol. The summed E-state index contributed by atoms with van der Waals surface area (Å²) in [5.41, 5.74) is 7.44. The maximum Gasteiger partial charge on any atom is 0.0656 e. The molecule has 1 aliphatic carbocycles. The molecule has 1 fully saturated rings. The predicted octanol–water partition coefficient (Wildman–Crippen LogP) is 3.38. The van der Waals surface area contributed by atoms with E-state index in [9.17, 15) is 0 Å². The molecule has 1 aliphatic rings. The zero-order valence-electron chi connectivity index (χ0n) is 14.2. The molecule has 0 aromatic rings. The average Bonchev–Trinajstić information content (AvgIpc) is 2.89. The van der Waals surface area contributed by atoms with Gasteiger partial charge in [0.15, 0.2) is 0 Å². The summed E-state index contributed by atoms with van der Waals surface area (Å²) in [6, 6.07) is 0.392. The van der Waals surface area contributed by atoms with Gasteiger partial charge < -0.3 is 5.73 Å². The first-order valence-corrected chi connectivity index (χ1v) is 8.16. The summed E-state index contributed by atoms with van der Waals surface area (Å²) in [6.45, 7) is 13.1. The molecule has 5 unspecified atom stereocenters. The van der Waals surface area contributed by atoms with Crippen molar-refractivity contribution in [2.75, 3.05) is 7.05 Å². The number of nitrogens with two attached hydrogens (primary N) is 1. The molecular formula is C17H33BN2. The lowest BCUT2D eigenvalue weighted by Gasteiger charge is -2.44. The zero-order valence-corrected chi connectivity index (χ0v) is 14.2. The first kappa shape index (κ1) is 17.8. The van der Waals surface area contributed by atoms with Crippen molar-refractivity contribution in [1.29, 1.82) is 0 Å². The average molecular weight is 276 g/mol. The third-order valence-electron chi connectivity index (χ3n) is 5.91. The Labute approximate surface area is 127 Å². The van der Waals surface area contributed by atoms with Gasteiger partial charge in [-0.05, 0) is 64.0 Å². The van der Waals surface area contributed by atoms with Crippen molar-refractivity contribution in [3.05, 3.63) is 12.2 Å². The van der Waals surface area contributed by atoms with E-state index in [0.29, 0.717) is 17.5 Å². The molecule has 2 N–H and O–H groups in total. The van der Waals surface area contributed by atoms with Crippen molar-refractivity contribution < 1.29 is 0 Å². The number of hydrogen-bond acceptors (Lipinski definition) is 2. The molecule has 0 heterocycles. The number of hydrogen-bond donors (Lipinski definition) is 1. The highest BCUT2D eigenvalue weighted by atomic mass is 15.2. The maximum atomic E-state index is 6.01. The zero-order chi connectivity index (χ0) is 15.5. The van der Waals surface area contributed by atoms with E-state index in [4.69, 9.17) is 13.6 Å². The summed E-state index contributed by atoms with van der Waals surface area (Å²) in [7, 11) is 8.11. The molecule has 0 aliphatic heterocycles. The van der Waals surface area contributed by atoms with Crippen LogP contribution in [-0.2, 0) is 0 Å². The van der Waals surface area contributed by atoms with E-state index < -0.39 is 0 Å². The molecule has 2 radical (unpaired) electrons. The van der Waals surface area contributed by atoms with Crippen molar-refractivity contribution in [3.8, 4) is 0 Å². The van der Waals surface area contributed by atoms with E-state index in [2.05, 4.69) is 39.3 Å². The van der Waals surface area contributed by atoms with Gasteiger partial charge in [0.2, 0.25) is 0 Å². The molecule has 5 atom stereocenters. The molecule has 0 aromatic carbocycles. The van der Waals surface area contributed by atoms with E-state index >= 15 is 0 Å². The fourth-order valence-corrected chi connectivity index (χ4v) is 3.76. The highest BCUT2D eigenvalue weighted by Crippen LogP contribution is 2.45. The van der Waals surface area contributed by atoms with Crippen molar-refractivity contribution in [3.63, 3.8) is 0 Å². The Hall–Kier alpha value is -0.275. The Bertz CT molecular complexity index is 329. The lowest BCUT2D eigenvalue weighted by Crippen LogP contribution is -2.50. The summed E-state index contributed by atoms with van der Waals surface area (Å²) in [5.74, 6) is 1.39. The van der Waals surface area contributed by atoms with E-state index in [1.54, 1.807) is 0 Å². The normalized spacial score (nSPS) is 31.2. The third-order valence-corrected chi connectivity index (χ3v) is 5.91. The van der Waals surface area contributed by atoms with Gasteiger partial charge in [-0.3, -0.25) is 4.90 Å². The van der Waals surface area contributed by atoms with Gasteiger partial charge in [0.1, 0.15) is 0 Å². The van der Waals surface area contributed by atoms with Crippen molar-refractivity contribution in [2.24, 2.45) is 17.6 Å². The molecule has 0 saturated heterocycles. The van der Waals surface area contributed by atoms with Crippen LogP contribution in [0.4, 0.5) is 0 Å². The van der Waals surface area contributed by atoms with Crippen LogP contribution in [0.5, 0.6) is 0 Å². The van der Waals surface area contributed by atoms with E-state index in [-0.39, 0.29) is 6.04 Å². The maximum absolute atomic E-state index is 6.01. The van der Waals surface area contributed by atoms with E-state index in [0.717, 1.165) is 17.8 Å². The first-order valence-electron chi connectivity index (χ1n) is 8.16. The lowest BCUT2D eigenvalue weighted by atomic mass is 9.80. The topological polar surface area (TPSA) is 29.3 Å². The molecule has 0 spiro atoms. The van der Waals surface area contributed by atoms with E-state index in [1.807, 2.05) is 6.92 Å². The summed E-state index contributed by atoms with van der Waals surface area (Å²) in [4.78, 5) is 2.53. The third kappa shape index (κ3) is 3.48. The fraction of sp³-hybridized carbons (Fsp3) is 0.882. The van der Waals surface area contributed by atoms with Crippen molar-refractivity contribution in [1.82, 2.24) is 4.90 Å². The van der Waals surface area contributed by atoms with Crippen LogP contribution in [0.3, 0.4) is 0 Å². The highest BCUT2D eigenvalue weighted by molar-refractivity contribution is 6.08. The van der Waals surface area contributed by atoms with Crippen LogP contribution in [-0.4, -0.2) is 37.4 Å². The minimum Gasteiger partial charge on any atom is -0.324 e. The van der Waals surface area contributed by atoms with Crippen LogP contribution in [0, 0.1) is 11.8 Å². The van der Waals surface area contributed by atoms with Crippen LogP contribution in [0.15, 0.2) is 12.2 Å². The highest BCUT2D eigenvalue weighted by Gasteiger charge is 2.43. The van der Waals surface area contributed by atoms with Gasteiger partial charge in [-0.15, -0.1) is 0 Å². The largest absolute Gasteiger partial charge is 0.324 e. The molecule has 2 nitrogen and oxygen atoms in total. The van der Waals surface area contributed by atoms with Crippen LogP contribution in [0.25, 0.3) is 0 Å². The summed E-state index contributed by atoms with van der Waals surface area (Å²) in [5, 5.41) is 0. The second kappa shape index (κ2) is 7.13. The van der Waals surface area contributed by atoms with Crippen LogP contribution < -0.4 is 5.73 Å².